The lowest BCUT2D eigenvalue weighted by atomic mass is 10.1. The molecule has 0 bridgehead atoms. The van der Waals surface area contributed by atoms with Crippen molar-refractivity contribution in [3.8, 4) is 6.07 Å². The van der Waals surface area contributed by atoms with Crippen molar-refractivity contribution in [3.63, 3.8) is 0 Å². The Kier molecular flexibility index (Phi) is 5.20. The summed E-state index contributed by atoms with van der Waals surface area (Å²) in [4.78, 5) is 21.2. The van der Waals surface area contributed by atoms with Gasteiger partial charge in [-0.2, -0.15) is 18.4 Å². The summed E-state index contributed by atoms with van der Waals surface area (Å²) in [6, 6.07) is 4.82. The van der Waals surface area contributed by atoms with E-state index in [-0.39, 0.29) is 16.9 Å². The van der Waals surface area contributed by atoms with Crippen molar-refractivity contribution >= 4 is 17.3 Å². The number of benzene rings is 1. The van der Waals surface area contributed by atoms with Crippen LogP contribution in [0.4, 0.5) is 24.5 Å². The largest absolute Gasteiger partial charge is 0.401 e. The van der Waals surface area contributed by atoms with Crippen molar-refractivity contribution in [3.05, 3.63) is 33.9 Å². The lowest BCUT2D eigenvalue weighted by molar-refractivity contribution is -0.384. The number of rotatable bonds is 5. The Morgan fingerprint density at radius 1 is 1.43 bits per heavy atom. The molecule has 0 fully saturated rings. The molecule has 10 heteroatoms. The van der Waals surface area contributed by atoms with E-state index in [9.17, 15) is 28.1 Å². The second-order valence-electron chi connectivity index (χ2n) is 3.87. The third kappa shape index (κ3) is 5.45. The van der Waals surface area contributed by atoms with Crippen LogP contribution in [0.15, 0.2) is 18.2 Å². The van der Waals surface area contributed by atoms with Crippen LogP contribution in [-0.4, -0.2) is 30.1 Å². The molecule has 21 heavy (non-hydrogen) atoms. The molecule has 0 aromatic heterocycles. The zero-order chi connectivity index (χ0) is 16.0. The summed E-state index contributed by atoms with van der Waals surface area (Å²) >= 11 is 0. The van der Waals surface area contributed by atoms with E-state index in [4.69, 9.17) is 5.26 Å². The molecule has 0 spiro atoms. The maximum absolute atomic E-state index is 11.9. The Balaban J connectivity index is 2.68. The van der Waals surface area contributed by atoms with Crippen molar-refractivity contribution < 1.29 is 22.9 Å². The average molecular weight is 302 g/mol. The van der Waals surface area contributed by atoms with Gasteiger partial charge in [0.1, 0.15) is 6.07 Å². The lowest BCUT2D eigenvalue weighted by Gasteiger charge is -2.09. The predicted molar refractivity (Wildman–Crippen MR) is 65.4 cm³/mol. The first-order chi connectivity index (χ1) is 9.73. The number of amides is 1. The molecule has 1 rings (SSSR count). The second-order valence-corrected chi connectivity index (χ2v) is 3.87. The third-order valence-electron chi connectivity index (χ3n) is 2.22. The number of hydrogen-bond acceptors (Lipinski definition) is 5. The van der Waals surface area contributed by atoms with Gasteiger partial charge >= 0.3 is 6.18 Å². The predicted octanol–water partition coefficient (Wildman–Crippen LogP) is 1.56. The zero-order valence-electron chi connectivity index (χ0n) is 10.4. The number of anilines is 1. The molecule has 0 aliphatic carbocycles. The van der Waals surface area contributed by atoms with Crippen LogP contribution in [0.2, 0.25) is 0 Å². The minimum absolute atomic E-state index is 0.0121. The van der Waals surface area contributed by atoms with Crippen LogP contribution in [0.25, 0.3) is 0 Å². The van der Waals surface area contributed by atoms with Gasteiger partial charge in [0.2, 0.25) is 5.91 Å². The first-order valence-corrected chi connectivity index (χ1v) is 5.49. The van der Waals surface area contributed by atoms with E-state index >= 15 is 0 Å². The molecule has 0 saturated carbocycles. The number of nitro groups is 1. The summed E-state index contributed by atoms with van der Waals surface area (Å²) in [6.07, 6.45) is -4.44. The van der Waals surface area contributed by atoms with Gasteiger partial charge in [0.15, 0.2) is 0 Å². The van der Waals surface area contributed by atoms with Crippen molar-refractivity contribution in [2.75, 3.05) is 18.4 Å². The lowest BCUT2D eigenvalue weighted by Crippen LogP contribution is -2.35. The molecule has 7 nitrogen and oxygen atoms in total. The minimum Gasteiger partial charge on any atom is -0.324 e. The Morgan fingerprint density at radius 3 is 2.62 bits per heavy atom. The van der Waals surface area contributed by atoms with Gasteiger partial charge in [-0.3, -0.25) is 14.9 Å². The number of halogens is 3. The van der Waals surface area contributed by atoms with Gasteiger partial charge < -0.3 is 10.6 Å². The van der Waals surface area contributed by atoms with Crippen LogP contribution in [-0.2, 0) is 4.79 Å². The Bertz CT molecular complexity index is 595. The van der Waals surface area contributed by atoms with Gasteiger partial charge in [0.25, 0.3) is 5.69 Å². The highest BCUT2D eigenvalue weighted by Crippen LogP contribution is 2.21. The second kappa shape index (κ2) is 6.67. The van der Waals surface area contributed by atoms with Gasteiger partial charge in [-0.15, -0.1) is 0 Å². The normalized spacial score (nSPS) is 10.8. The molecular weight excluding hydrogens is 293 g/mol. The number of nitrogens with one attached hydrogen (secondary N) is 2. The van der Waals surface area contributed by atoms with Gasteiger partial charge in [-0.1, -0.05) is 0 Å². The molecule has 1 aromatic rings. The average Bonchev–Trinajstić information content (AvgIpc) is 2.37. The molecule has 0 unspecified atom stereocenters. The molecule has 0 saturated heterocycles. The van der Waals surface area contributed by atoms with E-state index in [2.05, 4.69) is 5.32 Å². The summed E-state index contributed by atoms with van der Waals surface area (Å²) in [5.41, 5.74) is -0.505. The highest BCUT2D eigenvalue weighted by atomic mass is 19.4. The van der Waals surface area contributed by atoms with E-state index in [1.165, 1.54) is 0 Å². The summed E-state index contributed by atoms with van der Waals surface area (Å²) in [5.74, 6) is -0.801. The smallest absolute Gasteiger partial charge is 0.324 e. The number of hydrogen-bond donors (Lipinski definition) is 2. The summed E-state index contributed by atoms with van der Waals surface area (Å²) in [6.45, 7) is -1.94. The first kappa shape index (κ1) is 16.4. The molecule has 112 valence electrons. The number of non-ortho nitro benzene ring substituents is 1. The zero-order valence-corrected chi connectivity index (χ0v) is 10.4. The molecular formula is C11H9F3N4O3. The number of nitrogens with zero attached hydrogens (tertiary/aromatic N) is 2. The highest BCUT2D eigenvalue weighted by Gasteiger charge is 2.26. The molecule has 0 heterocycles. The molecule has 0 aliphatic heterocycles. The SMILES string of the molecule is N#Cc1cc([N+](=O)[O-])ccc1NC(=O)CNCC(F)(F)F. The van der Waals surface area contributed by atoms with Crippen molar-refractivity contribution in [2.24, 2.45) is 0 Å². The van der Waals surface area contributed by atoms with Crippen LogP contribution in [0.3, 0.4) is 0 Å². The number of carbonyl (C=O) groups excluding carboxylic acids is 1. The van der Waals surface area contributed by atoms with Crippen molar-refractivity contribution in [1.29, 1.82) is 5.26 Å². The third-order valence-corrected chi connectivity index (χ3v) is 2.22. The maximum Gasteiger partial charge on any atom is 0.401 e. The minimum atomic E-state index is -4.44. The van der Waals surface area contributed by atoms with Crippen LogP contribution in [0, 0.1) is 21.4 Å². The van der Waals surface area contributed by atoms with E-state index in [0.29, 0.717) is 0 Å². The van der Waals surface area contributed by atoms with Gasteiger partial charge in [0.05, 0.1) is 29.3 Å². The fraction of sp³-hybridized carbons (Fsp3) is 0.273. The van der Waals surface area contributed by atoms with Gasteiger partial charge in [-0.05, 0) is 6.07 Å². The van der Waals surface area contributed by atoms with E-state index in [0.717, 1.165) is 18.2 Å². The van der Waals surface area contributed by atoms with E-state index in [1.807, 2.05) is 5.32 Å². The molecule has 0 atom stereocenters. The quantitative estimate of drug-likeness (QED) is 0.634. The van der Waals surface area contributed by atoms with Crippen LogP contribution in [0.1, 0.15) is 5.56 Å². The fourth-order valence-corrected chi connectivity index (χ4v) is 1.36. The molecule has 0 radical (unpaired) electrons. The van der Waals surface area contributed by atoms with Crippen LogP contribution < -0.4 is 10.6 Å². The number of alkyl halides is 3. The Morgan fingerprint density at radius 2 is 2.10 bits per heavy atom. The number of nitriles is 1. The maximum atomic E-state index is 11.9. The number of nitro benzene ring substituents is 1. The first-order valence-electron chi connectivity index (χ1n) is 5.49. The van der Waals surface area contributed by atoms with Crippen molar-refractivity contribution in [1.82, 2.24) is 5.32 Å². The standard InChI is InChI=1S/C11H9F3N4O3/c12-11(13,14)6-16-5-10(19)17-9-2-1-8(18(20)21)3-7(9)4-15/h1-3,16H,5-6H2,(H,17,19). The number of carbonyl (C=O) groups is 1. The van der Waals surface area contributed by atoms with Gasteiger partial charge in [0, 0.05) is 12.1 Å². The molecule has 1 aromatic carbocycles. The van der Waals surface area contributed by atoms with Crippen LogP contribution in [0.5, 0.6) is 0 Å². The monoisotopic (exact) mass is 302 g/mol. The highest BCUT2D eigenvalue weighted by molar-refractivity contribution is 5.93. The Hall–Kier alpha value is -2.67. The topological polar surface area (TPSA) is 108 Å². The van der Waals surface area contributed by atoms with E-state index in [1.54, 1.807) is 6.07 Å². The summed E-state index contributed by atoms with van der Waals surface area (Å²) in [5, 5.41) is 23.4. The fourth-order valence-electron chi connectivity index (χ4n) is 1.36. The Labute approximate surface area is 116 Å². The van der Waals surface area contributed by atoms with Crippen molar-refractivity contribution in [2.45, 2.75) is 6.18 Å². The van der Waals surface area contributed by atoms with E-state index < -0.39 is 30.1 Å². The molecule has 0 aliphatic rings. The van der Waals surface area contributed by atoms with Gasteiger partial charge in [-0.25, -0.2) is 0 Å². The summed E-state index contributed by atoms with van der Waals surface area (Å²) < 4.78 is 35.6. The van der Waals surface area contributed by atoms with Crippen LogP contribution >= 0.6 is 0 Å². The molecule has 1 amide bonds. The summed E-state index contributed by atoms with van der Waals surface area (Å²) in [7, 11) is 0. The molecule has 2 N–H and O–H groups in total.